The Bertz CT molecular complexity index is 1810. The fourth-order valence-electron chi connectivity index (χ4n) is 4.53. The Balaban J connectivity index is 1.30. The number of benzene rings is 4. The summed E-state index contributed by atoms with van der Waals surface area (Å²) in [6.45, 7) is -0.0563. The van der Waals surface area contributed by atoms with Gasteiger partial charge in [0.25, 0.3) is 17.7 Å². The fraction of sp³-hybridized carbons (Fsp3) is 0.118. The van der Waals surface area contributed by atoms with Gasteiger partial charge in [-0.15, -0.1) is 0 Å². The second-order valence-corrected chi connectivity index (χ2v) is 10.2. The summed E-state index contributed by atoms with van der Waals surface area (Å²) >= 11 is 6.47. The van der Waals surface area contributed by atoms with Crippen LogP contribution in [-0.2, 0) is 21.0 Å². The minimum atomic E-state index is -0.893. The van der Waals surface area contributed by atoms with Crippen LogP contribution in [0.2, 0.25) is 5.02 Å². The number of para-hydroxylation sites is 2. The Hall–Kier alpha value is -5.81. The van der Waals surface area contributed by atoms with Crippen LogP contribution in [0.15, 0.2) is 96.6 Å². The molecule has 0 unspecified atom stereocenters. The number of hydrogen-bond acceptors (Lipinski definition) is 8. The molecule has 0 spiro atoms. The molecule has 1 heterocycles. The van der Waals surface area contributed by atoms with Gasteiger partial charge in [0.05, 0.1) is 30.6 Å². The number of anilines is 2. The predicted octanol–water partition coefficient (Wildman–Crippen LogP) is 5.62. The van der Waals surface area contributed by atoms with E-state index in [1.165, 1.54) is 32.4 Å². The van der Waals surface area contributed by atoms with E-state index in [2.05, 4.69) is 10.6 Å². The lowest BCUT2D eigenvalue weighted by atomic mass is 10.1. The molecule has 46 heavy (non-hydrogen) atoms. The van der Waals surface area contributed by atoms with Crippen molar-refractivity contribution in [2.75, 3.05) is 31.0 Å². The van der Waals surface area contributed by atoms with Crippen LogP contribution < -0.4 is 34.5 Å². The zero-order valence-corrected chi connectivity index (χ0v) is 25.5. The van der Waals surface area contributed by atoms with Crippen molar-refractivity contribution in [3.63, 3.8) is 0 Å². The molecule has 1 aliphatic rings. The normalized spacial score (nSPS) is 13.7. The van der Waals surface area contributed by atoms with Crippen LogP contribution in [0, 0.1) is 0 Å². The van der Waals surface area contributed by atoms with E-state index in [4.69, 9.17) is 30.5 Å². The third kappa shape index (κ3) is 7.28. The molecular weight excluding hydrogens is 614 g/mol. The van der Waals surface area contributed by atoms with Crippen molar-refractivity contribution in [3.8, 4) is 23.0 Å². The van der Waals surface area contributed by atoms with Crippen LogP contribution in [0.4, 0.5) is 16.2 Å². The molecule has 1 fully saturated rings. The number of methoxy groups -OCH3 is 2. The number of barbiturate groups is 1. The largest absolute Gasteiger partial charge is 0.495 e. The van der Waals surface area contributed by atoms with Crippen LogP contribution in [-0.4, -0.2) is 44.6 Å². The fourth-order valence-corrected chi connectivity index (χ4v) is 4.80. The van der Waals surface area contributed by atoms with E-state index in [1.54, 1.807) is 48.5 Å². The number of urea groups is 1. The van der Waals surface area contributed by atoms with Crippen LogP contribution in [0.3, 0.4) is 0 Å². The lowest BCUT2D eigenvalue weighted by Crippen LogP contribution is -2.54. The van der Waals surface area contributed by atoms with Crippen molar-refractivity contribution in [1.29, 1.82) is 0 Å². The van der Waals surface area contributed by atoms with Gasteiger partial charge in [0.2, 0.25) is 0 Å². The van der Waals surface area contributed by atoms with Gasteiger partial charge in [0.15, 0.2) is 18.1 Å². The van der Waals surface area contributed by atoms with Crippen molar-refractivity contribution in [1.82, 2.24) is 5.32 Å². The first-order valence-electron chi connectivity index (χ1n) is 13.9. The number of halogens is 1. The van der Waals surface area contributed by atoms with Gasteiger partial charge in [-0.2, -0.15) is 0 Å². The van der Waals surface area contributed by atoms with Crippen LogP contribution >= 0.6 is 11.6 Å². The Kier molecular flexibility index (Phi) is 9.84. The first-order valence-corrected chi connectivity index (χ1v) is 14.3. The third-order valence-corrected chi connectivity index (χ3v) is 7.02. The summed E-state index contributed by atoms with van der Waals surface area (Å²) in [7, 11) is 2.86. The predicted molar refractivity (Wildman–Crippen MR) is 171 cm³/mol. The monoisotopic (exact) mass is 641 g/mol. The number of imide groups is 2. The van der Waals surface area contributed by atoms with Crippen molar-refractivity contribution in [2.45, 2.75) is 6.61 Å². The highest BCUT2D eigenvalue weighted by molar-refractivity contribution is 6.39. The number of nitrogens with one attached hydrogen (secondary N) is 2. The molecule has 1 saturated heterocycles. The van der Waals surface area contributed by atoms with Gasteiger partial charge in [0, 0.05) is 0 Å². The second-order valence-electron chi connectivity index (χ2n) is 9.80. The van der Waals surface area contributed by atoms with Gasteiger partial charge < -0.3 is 24.3 Å². The molecular formula is C34H28ClN3O8. The molecule has 11 nitrogen and oxygen atoms in total. The van der Waals surface area contributed by atoms with Gasteiger partial charge in [-0.05, 0) is 65.7 Å². The summed E-state index contributed by atoms with van der Waals surface area (Å²) in [6.07, 6.45) is 1.28. The quantitative estimate of drug-likeness (QED) is 0.159. The highest BCUT2D eigenvalue weighted by Gasteiger charge is 2.37. The minimum absolute atomic E-state index is 0.0546. The van der Waals surface area contributed by atoms with E-state index < -0.39 is 30.4 Å². The number of carbonyl (C=O) groups is 4. The Morgan fingerprint density at radius 3 is 2.28 bits per heavy atom. The molecule has 4 aromatic carbocycles. The summed E-state index contributed by atoms with van der Waals surface area (Å²) < 4.78 is 22.1. The maximum Gasteiger partial charge on any atom is 0.335 e. The van der Waals surface area contributed by atoms with E-state index in [9.17, 15) is 19.2 Å². The minimum Gasteiger partial charge on any atom is -0.495 e. The van der Waals surface area contributed by atoms with E-state index >= 15 is 0 Å². The molecule has 0 aliphatic carbocycles. The topological polar surface area (TPSA) is 132 Å². The molecule has 1 aliphatic heterocycles. The van der Waals surface area contributed by atoms with Crippen molar-refractivity contribution in [3.05, 3.63) is 113 Å². The van der Waals surface area contributed by atoms with E-state index in [0.717, 1.165) is 10.5 Å². The van der Waals surface area contributed by atoms with Crippen LogP contribution in [0.5, 0.6) is 23.0 Å². The Morgan fingerprint density at radius 2 is 1.57 bits per heavy atom. The third-order valence-electron chi connectivity index (χ3n) is 6.74. The van der Waals surface area contributed by atoms with E-state index in [0.29, 0.717) is 29.4 Å². The zero-order valence-electron chi connectivity index (χ0n) is 24.7. The number of hydrogen-bond donors (Lipinski definition) is 2. The molecule has 234 valence electrons. The molecule has 0 saturated carbocycles. The SMILES string of the molecule is COc1ccccc1NC(=O)COc1c(Cl)cc(/C=C2/C(=O)NC(=O)N(c3ccc(OCc4ccccc4)cc3)C2=O)cc1OC. The highest BCUT2D eigenvalue weighted by Crippen LogP contribution is 2.37. The van der Waals surface area contributed by atoms with Gasteiger partial charge in [-0.25, -0.2) is 9.69 Å². The van der Waals surface area contributed by atoms with Crippen LogP contribution in [0.25, 0.3) is 6.08 Å². The lowest BCUT2D eigenvalue weighted by molar-refractivity contribution is -0.122. The average Bonchev–Trinajstić information content (AvgIpc) is 3.06. The van der Waals surface area contributed by atoms with Crippen molar-refractivity contribution in [2.24, 2.45) is 0 Å². The molecule has 5 rings (SSSR count). The number of ether oxygens (including phenoxy) is 4. The first kappa shape index (κ1) is 31.6. The molecule has 2 N–H and O–H groups in total. The maximum absolute atomic E-state index is 13.4. The average molecular weight is 642 g/mol. The number of amides is 5. The standard InChI is InChI=1S/C34H28ClN3O8/c1-43-28-11-7-6-10-27(28)36-30(39)20-46-31-26(35)17-22(18-29(31)44-2)16-25-32(40)37-34(42)38(33(25)41)23-12-14-24(15-13-23)45-19-21-8-4-3-5-9-21/h3-18H,19-20H2,1-2H3,(H,36,39)(H,37,40,42)/b25-16-. The van der Waals surface area contributed by atoms with Crippen molar-refractivity contribution >= 4 is 52.8 Å². The Labute approximate surface area is 269 Å². The summed E-state index contributed by atoms with van der Waals surface area (Å²) in [4.78, 5) is 52.3. The van der Waals surface area contributed by atoms with Gasteiger partial charge >= 0.3 is 6.03 Å². The van der Waals surface area contributed by atoms with Crippen molar-refractivity contribution < 1.29 is 38.1 Å². The summed E-state index contributed by atoms with van der Waals surface area (Å²) in [6, 6.07) is 24.9. The van der Waals surface area contributed by atoms with Gasteiger partial charge in [-0.3, -0.25) is 19.7 Å². The molecule has 0 atom stereocenters. The molecule has 12 heteroatoms. The number of nitrogens with zero attached hydrogens (tertiary/aromatic N) is 1. The molecule has 4 aromatic rings. The Morgan fingerprint density at radius 1 is 0.870 bits per heavy atom. The van der Waals surface area contributed by atoms with E-state index in [1.807, 2.05) is 30.3 Å². The molecule has 0 bridgehead atoms. The summed E-state index contributed by atoms with van der Waals surface area (Å²) in [5.41, 5.74) is 1.68. The number of rotatable bonds is 11. The summed E-state index contributed by atoms with van der Waals surface area (Å²) in [5.74, 6) is -0.952. The molecule has 0 radical (unpaired) electrons. The second kappa shape index (κ2) is 14.3. The van der Waals surface area contributed by atoms with E-state index in [-0.39, 0.29) is 27.8 Å². The first-order chi connectivity index (χ1) is 22.3. The smallest absolute Gasteiger partial charge is 0.335 e. The zero-order chi connectivity index (χ0) is 32.6. The highest BCUT2D eigenvalue weighted by atomic mass is 35.5. The van der Waals surface area contributed by atoms with Crippen LogP contribution in [0.1, 0.15) is 11.1 Å². The molecule has 0 aromatic heterocycles. The molecule has 5 amide bonds. The lowest BCUT2D eigenvalue weighted by Gasteiger charge is -2.26. The number of carbonyl (C=O) groups excluding carboxylic acids is 4. The maximum atomic E-state index is 13.4. The van der Waals surface area contributed by atoms with Gasteiger partial charge in [-0.1, -0.05) is 54.1 Å². The van der Waals surface area contributed by atoms with Gasteiger partial charge in [0.1, 0.15) is 23.7 Å². The summed E-state index contributed by atoms with van der Waals surface area (Å²) in [5, 5.41) is 4.94.